The SMILES string of the molecule is CNc1c(I)cnc(N)c1C(=N)c1ccc(NS(=O)(=O)C(F)F)c(O[C@@H](C)c2ccc(F)cc2)c1. The van der Waals surface area contributed by atoms with Crippen molar-refractivity contribution in [3.63, 3.8) is 0 Å². The van der Waals surface area contributed by atoms with Crippen molar-refractivity contribution < 1.29 is 26.3 Å². The van der Waals surface area contributed by atoms with E-state index < -0.39 is 27.7 Å². The zero-order valence-electron chi connectivity index (χ0n) is 18.4. The summed E-state index contributed by atoms with van der Waals surface area (Å²) in [4.78, 5) is 4.09. The molecule has 0 aliphatic heterocycles. The number of halogens is 4. The molecule has 0 saturated heterocycles. The molecule has 0 radical (unpaired) electrons. The maximum absolute atomic E-state index is 13.3. The van der Waals surface area contributed by atoms with Gasteiger partial charge in [-0.15, -0.1) is 0 Å². The number of nitrogens with two attached hydrogens (primary N) is 1. The number of hydrogen-bond donors (Lipinski definition) is 4. The van der Waals surface area contributed by atoms with Crippen molar-refractivity contribution in [2.24, 2.45) is 0 Å². The molecular formula is C22H21F3IN5O3S. The Morgan fingerprint density at radius 1 is 1.20 bits per heavy atom. The third-order valence-electron chi connectivity index (χ3n) is 4.96. The Bertz CT molecular complexity index is 1360. The minimum absolute atomic E-state index is 0.0552. The zero-order valence-corrected chi connectivity index (χ0v) is 21.4. The molecule has 0 bridgehead atoms. The second kappa shape index (κ2) is 10.7. The summed E-state index contributed by atoms with van der Waals surface area (Å²) in [5, 5.41) is 11.7. The molecule has 5 N–H and O–H groups in total. The van der Waals surface area contributed by atoms with Gasteiger partial charge in [0.1, 0.15) is 23.5 Å². The number of benzene rings is 2. The Labute approximate surface area is 213 Å². The van der Waals surface area contributed by atoms with E-state index in [1.807, 2.05) is 27.3 Å². The van der Waals surface area contributed by atoms with E-state index in [1.165, 1.54) is 42.5 Å². The molecule has 35 heavy (non-hydrogen) atoms. The molecule has 8 nitrogen and oxygen atoms in total. The highest BCUT2D eigenvalue weighted by molar-refractivity contribution is 14.1. The Morgan fingerprint density at radius 2 is 1.86 bits per heavy atom. The maximum Gasteiger partial charge on any atom is 0.355 e. The number of nitrogen functional groups attached to an aromatic ring is 1. The molecule has 0 unspecified atom stereocenters. The Kier molecular flexibility index (Phi) is 8.10. The fourth-order valence-corrected chi connectivity index (χ4v) is 4.44. The number of nitrogens with zero attached hydrogens (tertiary/aromatic N) is 1. The number of hydrogen-bond acceptors (Lipinski definition) is 7. The fourth-order valence-electron chi connectivity index (χ4n) is 3.19. The number of ether oxygens (including phenoxy) is 1. The highest BCUT2D eigenvalue weighted by Crippen LogP contribution is 2.34. The first kappa shape index (κ1) is 26.5. The topological polar surface area (TPSA) is 130 Å². The molecule has 0 saturated carbocycles. The molecule has 1 aromatic heterocycles. The van der Waals surface area contributed by atoms with Crippen LogP contribution in [0.3, 0.4) is 0 Å². The van der Waals surface area contributed by atoms with Gasteiger partial charge in [0, 0.05) is 18.8 Å². The van der Waals surface area contributed by atoms with Crippen LogP contribution in [0.1, 0.15) is 29.7 Å². The first-order chi connectivity index (χ1) is 16.4. The van der Waals surface area contributed by atoms with Crippen LogP contribution >= 0.6 is 22.6 Å². The molecular weight excluding hydrogens is 598 g/mol. The van der Waals surface area contributed by atoms with Crippen LogP contribution < -0.4 is 20.5 Å². The Hall–Kier alpha value is -3.07. The molecule has 3 rings (SSSR count). The summed E-state index contributed by atoms with van der Waals surface area (Å²) in [5.41, 5.74) is 7.40. The molecule has 186 valence electrons. The summed E-state index contributed by atoms with van der Waals surface area (Å²) >= 11 is 2.04. The van der Waals surface area contributed by atoms with Crippen LogP contribution in [0.4, 0.5) is 30.4 Å². The normalized spacial score (nSPS) is 12.3. The number of pyridine rings is 1. The average Bonchev–Trinajstić information content (AvgIpc) is 2.81. The second-order valence-corrected chi connectivity index (χ2v) is 10.1. The first-order valence-electron chi connectivity index (χ1n) is 10.0. The van der Waals surface area contributed by atoms with E-state index in [-0.39, 0.29) is 28.5 Å². The highest BCUT2D eigenvalue weighted by atomic mass is 127. The lowest BCUT2D eigenvalue weighted by atomic mass is 10.0. The molecule has 0 aliphatic rings. The summed E-state index contributed by atoms with van der Waals surface area (Å²) in [5.74, 6) is -4.15. The lowest BCUT2D eigenvalue weighted by Crippen LogP contribution is -2.21. The van der Waals surface area contributed by atoms with E-state index in [9.17, 15) is 21.6 Å². The van der Waals surface area contributed by atoms with Gasteiger partial charge in [-0.3, -0.25) is 10.1 Å². The minimum atomic E-state index is -5.00. The van der Waals surface area contributed by atoms with Gasteiger partial charge in [0.2, 0.25) is 0 Å². The van der Waals surface area contributed by atoms with Crippen molar-refractivity contribution in [3.05, 3.63) is 74.7 Å². The molecule has 3 aromatic rings. The van der Waals surface area contributed by atoms with Crippen LogP contribution in [0.5, 0.6) is 5.75 Å². The van der Waals surface area contributed by atoms with Crippen molar-refractivity contribution in [3.8, 4) is 5.75 Å². The van der Waals surface area contributed by atoms with Gasteiger partial charge >= 0.3 is 5.76 Å². The van der Waals surface area contributed by atoms with Gasteiger partial charge in [0.05, 0.1) is 26.2 Å². The van der Waals surface area contributed by atoms with E-state index in [4.69, 9.17) is 15.9 Å². The quantitative estimate of drug-likeness (QED) is 0.198. The minimum Gasteiger partial charge on any atom is -0.484 e. The molecule has 13 heteroatoms. The smallest absolute Gasteiger partial charge is 0.355 e. The summed E-state index contributed by atoms with van der Waals surface area (Å²) in [6, 6.07) is 9.34. The van der Waals surface area contributed by atoms with Gasteiger partial charge in [0.25, 0.3) is 10.0 Å². The van der Waals surface area contributed by atoms with Crippen LogP contribution in [0.25, 0.3) is 0 Å². The maximum atomic E-state index is 13.3. The lowest BCUT2D eigenvalue weighted by molar-refractivity contribution is 0.227. The predicted octanol–water partition coefficient (Wildman–Crippen LogP) is 4.97. The molecule has 0 spiro atoms. The van der Waals surface area contributed by atoms with Crippen LogP contribution in [0, 0.1) is 14.8 Å². The van der Waals surface area contributed by atoms with Crippen molar-refractivity contribution in [2.75, 3.05) is 22.8 Å². The molecule has 0 fully saturated rings. The predicted molar refractivity (Wildman–Crippen MR) is 137 cm³/mol. The van der Waals surface area contributed by atoms with Crippen LogP contribution in [0.15, 0.2) is 48.7 Å². The van der Waals surface area contributed by atoms with E-state index in [2.05, 4.69) is 10.3 Å². The summed E-state index contributed by atoms with van der Waals surface area (Å²) in [6.07, 6.45) is 0.826. The Balaban J connectivity index is 2.08. The largest absolute Gasteiger partial charge is 0.484 e. The van der Waals surface area contributed by atoms with E-state index in [0.29, 0.717) is 20.4 Å². The van der Waals surface area contributed by atoms with Crippen molar-refractivity contribution in [1.29, 1.82) is 5.41 Å². The number of nitrogens with one attached hydrogen (secondary N) is 3. The van der Waals surface area contributed by atoms with Crippen LogP contribution in [0.2, 0.25) is 0 Å². The van der Waals surface area contributed by atoms with Gasteiger partial charge in [-0.1, -0.05) is 18.2 Å². The van der Waals surface area contributed by atoms with Crippen molar-refractivity contribution >= 4 is 55.5 Å². The third-order valence-corrected chi connectivity index (χ3v) is 6.75. The molecule has 0 aliphatic carbocycles. The standard InChI is InChI=1S/C22H21F3IN5O3S/c1-11(12-3-6-14(23)7-4-12)34-17-9-13(5-8-16(17)31-35(32,33)22(24)25)19(27)18-20(29-2)15(26)10-30-21(18)28/h3-11,22,27,31H,1-2H3,(H3,28,29,30)/t11-/m0/s1. The highest BCUT2D eigenvalue weighted by Gasteiger charge is 2.26. The third kappa shape index (κ3) is 5.96. The number of sulfonamides is 1. The molecule has 1 heterocycles. The molecule has 1 atom stereocenters. The Morgan fingerprint density at radius 3 is 2.46 bits per heavy atom. The fraction of sp³-hybridized carbons (Fsp3) is 0.182. The lowest BCUT2D eigenvalue weighted by Gasteiger charge is -2.20. The van der Waals surface area contributed by atoms with Gasteiger partial charge in [-0.05, 0) is 59.3 Å². The van der Waals surface area contributed by atoms with Gasteiger partial charge in [0.15, 0.2) is 0 Å². The van der Waals surface area contributed by atoms with Crippen molar-refractivity contribution in [2.45, 2.75) is 18.8 Å². The van der Waals surface area contributed by atoms with Gasteiger partial charge in [-0.2, -0.15) is 8.78 Å². The molecule has 0 amide bonds. The monoisotopic (exact) mass is 619 g/mol. The van der Waals surface area contributed by atoms with Crippen LogP contribution in [-0.2, 0) is 10.0 Å². The molecule has 2 aromatic carbocycles. The second-order valence-electron chi connectivity index (χ2n) is 7.30. The zero-order chi connectivity index (χ0) is 25.9. The van der Waals surface area contributed by atoms with E-state index in [1.54, 1.807) is 20.2 Å². The van der Waals surface area contributed by atoms with Gasteiger partial charge in [-0.25, -0.2) is 17.8 Å². The number of alkyl halides is 2. The number of aromatic nitrogens is 1. The van der Waals surface area contributed by atoms with Crippen LogP contribution in [-0.4, -0.2) is 31.9 Å². The average molecular weight is 619 g/mol. The van der Waals surface area contributed by atoms with Crippen molar-refractivity contribution in [1.82, 2.24) is 4.98 Å². The van der Waals surface area contributed by atoms with E-state index in [0.717, 1.165) is 0 Å². The number of anilines is 3. The number of rotatable bonds is 9. The summed E-state index contributed by atoms with van der Waals surface area (Å²) < 4.78 is 71.3. The summed E-state index contributed by atoms with van der Waals surface area (Å²) in [7, 11) is -3.33. The van der Waals surface area contributed by atoms with Gasteiger partial charge < -0.3 is 15.8 Å². The summed E-state index contributed by atoms with van der Waals surface area (Å²) in [6.45, 7) is 1.62. The van der Waals surface area contributed by atoms with E-state index >= 15 is 0 Å². The first-order valence-corrected chi connectivity index (χ1v) is 12.6.